The van der Waals surface area contributed by atoms with Crippen LogP contribution in [0.4, 0.5) is 0 Å². The quantitative estimate of drug-likeness (QED) is 0.722. The van der Waals surface area contributed by atoms with Crippen LogP contribution in [0.3, 0.4) is 0 Å². The van der Waals surface area contributed by atoms with Crippen LogP contribution in [0.1, 0.15) is 17.2 Å². The first kappa shape index (κ1) is 11.5. The summed E-state index contributed by atoms with van der Waals surface area (Å²) in [5.41, 5.74) is 2.95. The monoisotopic (exact) mass is 251 g/mol. The lowest BCUT2D eigenvalue weighted by Gasteiger charge is -2.16. The highest BCUT2D eigenvalue weighted by atomic mass is 16.5. The van der Waals surface area contributed by atoms with E-state index in [2.05, 4.69) is 4.98 Å². The molecule has 0 bridgehead atoms. The number of hydrogen-bond donors (Lipinski definition) is 1. The number of benzene rings is 2. The van der Waals surface area contributed by atoms with E-state index in [-0.39, 0.29) is 6.10 Å². The lowest BCUT2D eigenvalue weighted by atomic mass is 10.0. The molecule has 1 unspecified atom stereocenters. The van der Waals surface area contributed by atoms with Gasteiger partial charge in [0.1, 0.15) is 0 Å². The summed E-state index contributed by atoms with van der Waals surface area (Å²) in [5, 5.41) is 1.14. The van der Waals surface area contributed by atoms with Crippen LogP contribution in [0.25, 0.3) is 10.9 Å². The number of ether oxygens (including phenoxy) is 1. The third-order valence-corrected chi connectivity index (χ3v) is 3.18. The van der Waals surface area contributed by atoms with Gasteiger partial charge in [-0.05, 0) is 28.6 Å². The van der Waals surface area contributed by atoms with Gasteiger partial charge in [0, 0.05) is 11.7 Å². The molecule has 0 amide bonds. The van der Waals surface area contributed by atoms with Gasteiger partial charge < -0.3 is 9.72 Å². The molecule has 1 N–H and O–H groups in total. The summed E-state index contributed by atoms with van der Waals surface area (Å²) < 4.78 is 5.25. The molecular formula is C16H13NO2. The van der Waals surface area contributed by atoms with E-state index in [1.165, 1.54) is 0 Å². The first-order chi connectivity index (χ1) is 9.38. The van der Waals surface area contributed by atoms with Crippen molar-refractivity contribution in [2.75, 3.05) is 0 Å². The van der Waals surface area contributed by atoms with Crippen LogP contribution < -0.4 is 0 Å². The zero-order valence-electron chi connectivity index (χ0n) is 10.2. The summed E-state index contributed by atoms with van der Waals surface area (Å²) in [7, 11) is 0. The lowest BCUT2D eigenvalue weighted by molar-refractivity contribution is -0.132. The largest absolute Gasteiger partial charge is 0.455 e. The highest BCUT2D eigenvalue weighted by Gasteiger charge is 2.15. The topological polar surface area (TPSA) is 42.1 Å². The van der Waals surface area contributed by atoms with Crippen LogP contribution >= 0.6 is 0 Å². The van der Waals surface area contributed by atoms with Crippen molar-refractivity contribution in [1.82, 2.24) is 4.98 Å². The van der Waals surface area contributed by atoms with E-state index in [1.54, 1.807) is 0 Å². The molecule has 3 rings (SSSR count). The van der Waals surface area contributed by atoms with E-state index >= 15 is 0 Å². The van der Waals surface area contributed by atoms with Crippen molar-refractivity contribution < 1.29 is 9.53 Å². The molecule has 0 aliphatic carbocycles. The number of H-pyrrole nitrogens is 1. The number of aromatic nitrogens is 1. The lowest BCUT2D eigenvalue weighted by Crippen LogP contribution is -2.05. The SMILES string of the molecule is O=COC(c1ccccc1)c1ccc2cc[nH]c2c1. The predicted octanol–water partition coefficient (Wildman–Crippen LogP) is 3.43. The first-order valence-electron chi connectivity index (χ1n) is 6.09. The molecule has 2 aromatic carbocycles. The van der Waals surface area contributed by atoms with Crippen LogP contribution in [-0.4, -0.2) is 11.5 Å². The van der Waals surface area contributed by atoms with Gasteiger partial charge in [-0.3, -0.25) is 4.79 Å². The number of rotatable bonds is 4. The van der Waals surface area contributed by atoms with Crippen molar-refractivity contribution in [1.29, 1.82) is 0 Å². The Bertz CT molecular complexity index is 688. The molecule has 94 valence electrons. The smallest absolute Gasteiger partial charge is 0.294 e. The Hall–Kier alpha value is -2.55. The molecule has 0 saturated heterocycles. The molecule has 3 heteroatoms. The van der Waals surface area contributed by atoms with E-state index in [4.69, 9.17) is 4.74 Å². The van der Waals surface area contributed by atoms with Gasteiger partial charge in [-0.15, -0.1) is 0 Å². The maximum atomic E-state index is 10.7. The van der Waals surface area contributed by atoms with Crippen molar-refractivity contribution in [3.63, 3.8) is 0 Å². The van der Waals surface area contributed by atoms with E-state index in [1.807, 2.05) is 60.8 Å². The van der Waals surface area contributed by atoms with Gasteiger partial charge in [0.2, 0.25) is 0 Å². The molecule has 19 heavy (non-hydrogen) atoms. The Morgan fingerprint density at radius 2 is 1.84 bits per heavy atom. The molecule has 0 fully saturated rings. The third-order valence-electron chi connectivity index (χ3n) is 3.18. The first-order valence-corrected chi connectivity index (χ1v) is 6.09. The maximum absolute atomic E-state index is 10.7. The second-order valence-corrected chi connectivity index (χ2v) is 4.35. The zero-order chi connectivity index (χ0) is 13.1. The van der Waals surface area contributed by atoms with E-state index in [9.17, 15) is 4.79 Å². The summed E-state index contributed by atoms with van der Waals surface area (Å²) >= 11 is 0. The third kappa shape index (κ3) is 2.22. The summed E-state index contributed by atoms with van der Waals surface area (Å²) in [6.07, 6.45) is 1.53. The van der Waals surface area contributed by atoms with Gasteiger partial charge in [0.15, 0.2) is 6.10 Å². The molecule has 1 heterocycles. The average Bonchev–Trinajstić information content (AvgIpc) is 2.93. The Morgan fingerprint density at radius 3 is 2.63 bits per heavy atom. The molecule has 3 nitrogen and oxygen atoms in total. The van der Waals surface area contributed by atoms with Crippen LogP contribution in [0, 0.1) is 0 Å². The molecular weight excluding hydrogens is 238 g/mol. The van der Waals surface area contributed by atoms with E-state index in [0.717, 1.165) is 22.0 Å². The number of aromatic amines is 1. The van der Waals surface area contributed by atoms with Gasteiger partial charge in [0.05, 0.1) is 0 Å². The van der Waals surface area contributed by atoms with Crippen molar-refractivity contribution in [3.05, 3.63) is 71.9 Å². The second-order valence-electron chi connectivity index (χ2n) is 4.35. The Labute approximate surface area is 110 Å². The number of nitrogens with one attached hydrogen (secondary N) is 1. The van der Waals surface area contributed by atoms with Crippen LogP contribution in [0.5, 0.6) is 0 Å². The van der Waals surface area contributed by atoms with Crippen molar-refractivity contribution >= 4 is 17.4 Å². The number of carbonyl (C=O) groups is 1. The fraction of sp³-hybridized carbons (Fsp3) is 0.0625. The molecule has 1 atom stereocenters. The van der Waals surface area contributed by atoms with Gasteiger partial charge in [-0.1, -0.05) is 42.5 Å². The Balaban J connectivity index is 2.06. The molecule has 0 spiro atoms. The number of hydrogen-bond acceptors (Lipinski definition) is 2. The highest BCUT2D eigenvalue weighted by molar-refractivity contribution is 5.80. The minimum absolute atomic E-state index is 0.369. The molecule has 0 radical (unpaired) electrons. The second kappa shape index (κ2) is 4.98. The highest BCUT2D eigenvalue weighted by Crippen LogP contribution is 2.27. The van der Waals surface area contributed by atoms with Crippen molar-refractivity contribution in [2.24, 2.45) is 0 Å². The Kier molecular flexibility index (Phi) is 3.02. The molecule has 0 aliphatic rings. The molecule has 3 aromatic rings. The van der Waals surface area contributed by atoms with E-state index < -0.39 is 0 Å². The van der Waals surface area contributed by atoms with Crippen LogP contribution in [0.2, 0.25) is 0 Å². The van der Waals surface area contributed by atoms with Gasteiger partial charge in [-0.2, -0.15) is 0 Å². The minimum atomic E-state index is -0.369. The standard InChI is InChI=1S/C16H13NO2/c18-11-19-16(13-4-2-1-3-5-13)14-7-6-12-8-9-17-15(12)10-14/h1-11,16-17H. The fourth-order valence-corrected chi connectivity index (χ4v) is 2.26. The molecule has 0 saturated carbocycles. The number of fused-ring (bicyclic) bond motifs is 1. The zero-order valence-corrected chi connectivity index (χ0v) is 10.2. The predicted molar refractivity (Wildman–Crippen MR) is 73.7 cm³/mol. The fourth-order valence-electron chi connectivity index (χ4n) is 2.26. The van der Waals surface area contributed by atoms with Crippen LogP contribution in [-0.2, 0) is 9.53 Å². The minimum Gasteiger partial charge on any atom is -0.455 e. The average molecular weight is 251 g/mol. The van der Waals surface area contributed by atoms with Gasteiger partial charge in [0.25, 0.3) is 6.47 Å². The summed E-state index contributed by atoms with van der Waals surface area (Å²) in [6.45, 7) is 0.497. The number of carbonyl (C=O) groups excluding carboxylic acids is 1. The van der Waals surface area contributed by atoms with E-state index in [0.29, 0.717) is 6.47 Å². The maximum Gasteiger partial charge on any atom is 0.294 e. The van der Waals surface area contributed by atoms with Crippen molar-refractivity contribution in [3.8, 4) is 0 Å². The summed E-state index contributed by atoms with van der Waals surface area (Å²) in [4.78, 5) is 13.9. The summed E-state index contributed by atoms with van der Waals surface area (Å²) in [6, 6.07) is 17.7. The van der Waals surface area contributed by atoms with Crippen molar-refractivity contribution in [2.45, 2.75) is 6.10 Å². The van der Waals surface area contributed by atoms with Gasteiger partial charge >= 0.3 is 0 Å². The normalized spacial score (nSPS) is 12.2. The summed E-state index contributed by atoms with van der Waals surface area (Å²) in [5.74, 6) is 0. The van der Waals surface area contributed by atoms with Gasteiger partial charge in [-0.25, -0.2) is 0 Å². The molecule has 1 aromatic heterocycles. The molecule has 0 aliphatic heterocycles. The Morgan fingerprint density at radius 1 is 1.00 bits per heavy atom. The van der Waals surface area contributed by atoms with Crippen LogP contribution in [0.15, 0.2) is 60.8 Å².